The van der Waals surface area contributed by atoms with E-state index in [0.29, 0.717) is 30.0 Å². The van der Waals surface area contributed by atoms with E-state index in [1.54, 1.807) is 18.2 Å². The number of hydrogen-bond acceptors (Lipinski definition) is 4. The Morgan fingerprint density at radius 3 is 3.06 bits per heavy atom. The summed E-state index contributed by atoms with van der Waals surface area (Å²) in [6.45, 7) is 0.606. The highest BCUT2D eigenvalue weighted by molar-refractivity contribution is 5.97. The third kappa shape index (κ3) is 2.44. The van der Waals surface area contributed by atoms with E-state index in [1.807, 2.05) is 6.07 Å². The maximum absolute atomic E-state index is 11.9. The Morgan fingerprint density at radius 2 is 2.44 bits per heavy atom. The summed E-state index contributed by atoms with van der Waals surface area (Å²) in [6.07, 6.45) is 1.17. The Balaban J connectivity index is 2.22. The van der Waals surface area contributed by atoms with Crippen LogP contribution in [0.15, 0.2) is 18.2 Å². The van der Waals surface area contributed by atoms with Gasteiger partial charge in [-0.25, -0.2) is 0 Å². The van der Waals surface area contributed by atoms with Crippen molar-refractivity contribution in [2.24, 2.45) is 0 Å². The second kappa shape index (κ2) is 5.52. The molecule has 1 amide bonds. The second-order valence-corrected chi connectivity index (χ2v) is 3.99. The van der Waals surface area contributed by atoms with Gasteiger partial charge in [0.05, 0.1) is 12.7 Å². The molecule has 0 aromatic heterocycles. The van der Waals surface area contributed by atoms with Gasteiger partial charge in [-0.05, 0) is 25.0 Å². The van der Waals surface area contributed by atoms with Crippen molar-refractivity contribution in [1.29, 1.82) is 5.26 Å². The van der Waals surface area contributed by atoms with Gasteiger partial charge in [0.2, 0.25) is 0 Å². The first-order chi connectivity index (χ1) is 8.76. The monoisotopic (exact) mass is 246 g/mol. The molecular weight excluding hydrogens is 232 g/mol. The lowest BCUT2D eigenvalue weighted by Gasteiger charge is -2.14. The Morgan fingerprint density at radius 1 is 1.61 bits per heavy atom. The second-order valence-electron chi connectivity index (χ2n) is 3.99. The lowest BCUT2D eigenvalue weighted by molar-refractivity contribution is -0.124. The number of nitriles is 1. The summed E-state index contributed by atoms with van der Waals surface area (Å²) >= 11 is 0. The molecule has 94 valence electrons. The summed E-state index contributed by atoms with van der Waals surface area (Å²) in [4.78, 5) is 11.9. The van der Waals surface area contributed by atoms with Crippen LogP contribution in [0, 0.1) is 11.3 Å². The molecule has 1 aliphatic rings. The maximum Gasteiger partial charge on any atom is 0.253 e. The first-order valence-corrected chi connectivity index (χ1v) is 5.76. The minimum Gasteiger partial charge on any atom is -0.495 e. The minimum atomic E-state index is -0.429. The van der Waals surface area contributed by atoms with Gasteiger partial charge in [0.15, 0.2) is 0 Å². The van der Waals surface area contributed by atoms with Crippen molar-refractivity contribution in [3.8, 4) is 11.8 Å². The van der Waals surface area contributed by atoms with Crippen LogP contribution in [0.25, 0.3) is 0 Å². The molecule has 0 spiro atoms. The molecular formula is C13H14N2O3. The Bertz CT molecular complexity index is 487. The van der Waals surface area contributed by atoms with E-state index in [1.165, 1.54) is 7.11 Å². The first kappa shape index (κ1) is 12.4. The van der Waals surface area contributed by atoms with Gasteiger partial charge in [-0.2, -0.15) is 5.26 Å². The number of ether oxygens (including phenoxy) is 2. The van der Waals surface area contributed by atoms with Crippen molar-refractivity contribution < 1.29 is 14.3 Å². The molecule has 2 rings (SSSR count). The van der Waals surface area contributed by atoms with Gasteiger partial charge < -0.3 is 14.8 Å². The third-order valence-corrected chi connectivity index (χ3v) is 2.84. The molecule has 1 N–H and O–H groups in total. The molecule has 1 saturated heterocycles. The topological polar surface area (TPSA) is 71.3 Å². The van der Waals surface area contributed by atoms with Crippen LogP contribution in [0.5, 0.6) is 5.75 Å². The summed E-state index contributed by atoms with van der Waals surface area (Å²) in [5, 5.41) is 11.7. The minimum absolute atomic E-state index is 0.228. The number of carbonyl (C=O) groups excluding carboxylic acids is 1. The lowest BCUT2D eigenvalue weighted by atomic mass is 10.1. The molecule has 1 atom stereocenters. The zero-order chi connectivity index (χ0) is 13.0. The summed E-state index contributed by atoms with van der Waals surface area (Å²) in [7, 11) is 1.50. The molecule has 0 radical (unpaired) electrons. The third-order valence-electron chi connectivity index (χ3n) is 2.84. The fourth-order valence-corrected chi connectivity index (χ4v) is 1.91. The van der Waals surface area contributed by atoms with Gasteiger partial charge in [0.1, 0.15) is 23.6 Å². The molecule has 1 unspecified atom stereocenters. The van der Waals surface area contributed by atoms with Gasteiger partial charge >= 0.3 is 0 Å². The predicted octanol–water partition coefficient (Wildman–Crippen LogP) is 1.68. The van der Waals surface area contributed by atoms with Crippen LogP contribution in [0.1, 0.15) is 18.4 Å². The molecule has 1 aliphatic heterocycles. The number of carbonyl (C=O) groups is 1. The van der Waals surface area contributed by atoms with E-state index in [4.69, 9.17) is 14.7 Å². The summed E-state index contributed by atoms with van der Waals surface area (Å²) in [6, 6.07) is 7.07. The number of benzene rings is 1. The number of nitrogens with zero attached hydrogens (tertiary/aromatic N) is 1. The standard InChI is InChI=1S/C13H14N2O3/c1-17-10-5-2-4-9(8-14)12(10)15-13(16)11-6-3-7-18-11/h2,4-5,11H,3,6-7H2,1H3,(H,15,16). The molecule has 1 aromatic carbocycles. The van der Waals surface area contributed by atoms with Gasteiger partial charge in [-0.15, -0.1) is 0 Å². The summed E-state index contributed by atoms with van der Waals surface area (Å²) in [5.41, 5.74) is 0.781. The number of hydrogen-bond donors (Lipinski definition) is 1. The van der Waals surface area contributed by atoms with Crippen LogP contribution < -0.4 is 10.1 Å². The largest absolute Gasteiger partial charge is 0.495 e. The van der Waals surface area contributed by atoms with Crippen LogP contribution in [-0.2, 0) is 9.53 Å². The highest BCUT2D eigenvalue weighted by Gasteiger charge is 2.25. The Kier molecular flexibility index (Phi) is 3.80. The number of amides is 1. The van der Waals surface area contributed by atoms with Crippen LogP contribution in [-0.4, -0.2) is 25.7 Å². The highest BCUT2D eigenvalue weighted by Crippen LogP contribution is 2.28. The van der Waals surface area contributed by atoms with E-state index in [9.17, 15) is 4.79 Å². The zero-order valence-electron chi connectivity index (χ0n) is 10.1. The van der Waals surface area contributed by atoms with Crippen molar-refractivity contribution >= 4 is 11.6 Å². The van der Waals surface area contributed by atoms with Crippen LogP contribution >= 0.6 is 0 Å². The molecule has 0 saturated carbocycles. The fraction of sp³-hybridized carbons (Fsp3) is 0.385. The summed E-state index contributed by atoms with van der Waals surface area (Å²) in [5.74, 6) is 0.244. The van der Waals surface area contributed by atoms with Crippen molar-refractivity contribution in [2.75, 3.05) is 19.0 Å². The molecule has 1 aromatic rings. The SMILES string of the molecule is COc1cccc(C#N)c1NC(=O)C1CCCO1. The van der Waals surface area contributed by atoms with Crippen molar-refractivity contribution in [2.45, 2.75) is 18.9 Å². The predicted molar refractivity (Wildman–Crippen MR) is 65.3 cm³/mol. The molecule has 5 nitrogen and oxygen atoms in total. The first-order valence-electron chi connectivity index (χ1n) is 5.76. The van der Waals surface area contributed by atoms with Gasteiger partial charge in [-0.1, -0.05) is 6.07 Å². The number of methoxy groups -OCH3 is 1. The number of rotatable bonds is 3. The number of anilines is 1. The average Bonchev–Trinajstić information content (AvgIpc) is 2.93. The van der Waals surface area contributed by atoms with Crippen molar-refractivity contribution in [1.82, 2.24) is 0 Å². The van der Waals surface area contributed by atoms with E-state index in [0.717, 1.165) is 6.42 Å². The highest BCUT2D eigenvalue weighted by atomic mass is 16.5. The molecule has 0 aliphatic carbocycles. The van der Waals surface area contributed by atoms with Gasteiger partial charge in [0, 0.05) is 6.61 Å². The average molecular weight is 246 g/mol. The van der Waals surface area contributed by atoms with Crippen LogP contribution in [0.3, 0.4) is 0 Å². The van der Waals surface area contributed by atoms with E-state index >= 15 is 0 Å². The Hall–Kier alpha value is -2.06. The summed E-state index contributed by atoms with van der Waals surface area (Å²) < 4.78 is 10.4. The molecule has 1 heterocycles. The molecule has 18 heavy (non-hydrogen) atoms. The number of para-hydroxylation sites is 1. The maximum atomic E-state index is 11.9. The fourth-order valence-electron chi connectivity index (χ4n) is 1.91. The van der Waals surface area contributed by atoms with E-state index in [-0.39, 0.29) is 5.91 Å². The smallest absolute Gasteiger partial charge is 0.253 e. The normalized spacial score (nSPS) is 18.1. The molecule has 0 bridgehead atoms. The van der Waals surface area contributed by atoms with Crippen molar-refractivity contribution in [3.05, 3.63) is 23.8 Å². The quantitative estimate of drug-likeness (QED) is 0.880. The number of nitrogens with one attached hydrogen (secondary N) is 1. The van der Waals surface area contributed by atoms with Crippen LogP contribution in [0.2, 0.25) is 0 Å². The van der Waals surface area contributed by atoms with E-state index < -0.39 is 6.10 Å². The van der Waals surface area contributed by atoms with E-state index in [2.05, 4.69) is 5.32 Å². The Labute approximate surface area is 105 Å². The molecule has 1 fully saturated rings. The lowest BCUT2D eigenvalue weighted by Crippen LogP contribution is -2.27. The van der Waals surface area contributed by atoms with Crippen LogP contribution in [0.4, 0.5) is 5.69 Å². The van der Waals surface area contributed by atoms with Crippen molar-refractivity contribution in [3.63, 3.8) is 0 Å². The zero-order valence-corrected chi connectivity index (χ0v) is 10.1. The van der Waals surface area contributed by atoms with Gasteiger partial charge in [0.25, 0.3) is 5.91 Å². The molecule has 5 heteroatoms. The van der Waals surface area contributed by atoms with Gasteiger partial charge in [-0.3, -0.25) is 4.79 Å².